The minimum atomic E-state index is -0.335. The van der Waals surface area contributed by atoms with Crippen molar-refractivity contribution in [2.45, 2.75) is 13.2 Å². The number of pyridine rings is 1. The van der Waals surface area contributed by atoms with E-state index in [1.54, 1.807) is 18.2 Å². The molecule has 0 fully saturated rings. The molecule has 0 radical (unpaired) electrons. The maximum Gasteiger partial charge on any atom is 0.251 e. The van der Waals surface area contributed by atoms with Gasteiger partial charge in [0.15, 0.2) is 0 Å². The van der Waals surface area contributed by atoms with Crippen molar-refractivity contribution in [2.24, 2.45) is 0 Å². The zero-order valence-corrected chi connectivity index (χ0v) is 10.1. The van der Waals surface area contributed by atoms with Crippen molar-refractivity contribution in [3.63, 3.8) is 0 Å². The Bertz CT molecular complexity index is 587. The number of rotatable bonds is 4. The van der Waals surface area contributed by atoms with Crippen LogP contribution in [0.1, 0.15) is 21.6 Å². The van der Waals surface area contributed by atoms with Gasteiger partial charge in [-0.25, -0.2) is 4.39 Å². The van der Waals surface area contributed by atoms with Gasteiger partial charge in [-0.2, -0.15) is 0 Å². The lowest BCUT2D eigenvalue weighted by Gasteiger charge is -2.06. The average molecular weight is 260 g/mol. The van der Waals surface area contributed by atoms with Crippen LogP contribution in [0.15, 0.2) is 42.6 Å². The van der Waals surface area contributed by atoms with Crippen molar-refractivity contribution < 1.29 is 14.3 Å². The lowest BCUT2D eigenvalue weighted by atomic mass is 10.2. The Morgan fingerprint density at radius 2 is 2.16 bits per heavy atom. The molecule has 5 heteroatoms. The molecule has 0 aliphatic carbocycles. The van der Waals surface area contributed by atoms with Crippen LogP contribution in [-0.2, 0) is 13.2 Å². The molecule has 1 heterocycles. The SMILES string of the molecule is O=C(NCc1cccc(F)c1)c1ccnc(CO)c1. The second-order valence-corrected chi connectivity index (χ2v) is 4.01. The largest absolute Gasteiger partial charge is 0.390 e. The molecular weight excluding hydrogens is 247 g/mol. The minimum Gasteiger partial charge on any atom is -0.390 e. The van der Waals surface area contributed by atoms with Gasteiger partial charge in [-0.05, 0) is 29.8 Å². The smallest absolute Gasteiger partial charge is 0.251 e. The minimum absolute atomic E-state index is 0.217. The van der Waals surface area contributed by atoms with Gasteiger partial charge >= 0.3 is 0 Å². The summed E-state index contributed by atoms with van der Waals surface area (Å²) >= 11 is 0. The first-order valence-electron chi connectivity index (χ1n) is 5.77. The second-order valence-electron chi connectivity index (χ2n) is 4.01. The molecule has 1 aromatic carbocycles. The van der Waals surface area contributed by atoms with E-state index >= 15 is 0 Å². The summed E-state index contributed by atoms with van der Waals surface area (Å²) in [7, 11) is 0. The Morgan fingerprint density at radius 1 is 1.32 bits per heavy atom. The predicted octanol–water partition coefficient (Wildman–Crippen LogP) is 1.64. The molecule has 0 spiro atoms. The van der Waals surface area contributed by atoms with E-state index in [0.717, 1.165) is 0 Å². The van der Waals surface area contributed by atoms with Crippen molar-refractivity contribution in [1.82, 2.24) is 10.3 Å². The van der Waals surface area contributed by atoms with Crippen molar-refractivity contribution in [3.8, 4) is 0 Å². The van der Waals surface area contributed by atoms with Gasteiger partial charge in [-0.3, -0.25) is 9.78 Å². The van der Waals surface area contributed by atoms with Crippen molar-refractivity contribution in [2.75, 3.05) is 0 Å². The zero-order chi connectivity index (χ0) is 13.7. The molecule has 4 nitrogen and oxygen atoms in total. The van der Waals surface area contributed by atoms with Crippen LogP contribution in [0.2, 0.25) is 0 Å². The normalized spacial score (nSPS) is 10.2. The van der Waals surface area contributed by atoms with Crippen LogP contribution in [0.4, 0.5) is 4.39 Å². The third kappa shape index (κ3) is 3.59. The number of carbonyl (C=O) groups is 1. The molecule has 0 unspecified atom stereocenters. The molecule has 1 amide bonds. The monoisotopic (exact) mass is 260 g/mol. The number of aliphatic hydroxyl groups excluding tert-OH is 1. The number of halogens is 1. The van der Waals surface area contributed by atoms with Gasteiger partial charge in [-0.1, -0.05) is 12.1 Å². The molecular formula is C14H13FN2O2. The molecule has 0 atom stereocenters. The van der Waals surface area contributed by atoms with Crippen LogP contribution in [0, 0.1) is 5.82 Å². The number of aromatic nitrogens is 1. The molecule has 0 aliphatic rings. The van der Waals surface area contributed by atoms with E-state index in [9.17, 15) is 9.18 Å². The number of amides is 1. The van der Waals surface area contributed by atoms with Gasteiger partial charge in [0.05, 0.1) is 12.3 Å². The number of nitrogens with zero attached hydrogens (tertiary/aromatic N) is 1. The summed E-state index contributed by atoms with van der Waals surface area (Å²) in [4.78, 5) is 15.7. The maximum atomic E-state index is 13.0. The van der Waals surface area contributed by atoms with Gasteiger partial charge < -0.3 is 10.4 Å². The summed E-state index contributed by atoms with van der Waals surface area (Å²) in [5, 5.41) is 11.6. The van der Waals surface area contributed by atoms with Crippen LogP contribution in [0.3, 0.4) is 0 Å². The number of benzene rings is 1. The number of hydrogen-bond donors (Lipinski definition) is 2. The first kappa shape index (κ1) is 13.2. The summed E-state index contributed by atoms with van der Waals surface area (Å²) in [5.74, 6) is -0.625. The fourth-order valence-corrected chi connectivity index (χ4v) is 1.64. The van der Waals surface area contributed by atoms with Crippen LogP contribution in [0.25, 0.3) is 0 Å². The van der Waals surface area contributed by atoms with Crippen LogP contribution in [0.5, 0.6) is 0 Å². The fraction of sp³-hybridized carbons (Fsp3) is 0.143. The zero-order valence-electron chi connectivity index (χ0n) is 10.1. The number of carbonyl (C=O) groups excluding carboxylic acids is 1. The molecule has 0 aliphatic heterocycles. The summed E-state index contributed by atoms with van der Waals surface area (Å²) in [6.45, 7) is 0.0262. The Hall–Kier alpha value is -2.27. The van der Waals surface area contributed by atoms with E-state index in [-0.39, 0.29) is 24.9 Å². The Kier molecular flexibility index (Phi) is 4.20. The molecule has 98 valence electrons. The predicted molar refractivity (Wildman–Crippen MR) is 67.7 cm³/mol. The Labute approximate surface area is 109 Å². The average Bonchev–Trinajstić information content (AvgIpc) is 2.45. The highest BCUT2D eigenvalue weighted by Gasteiger charge is 2.06. The fourth-order valence-electron chi connectivity index (χ4n) is 1.64. The highest BCUT2D eigenvalue weighted by atomic mass is 19.1. The topological polar surface area (TPSA) is 62.2 Å². The summed E-state index contributed by atoms with van der Waals surface area (Å²) in [5.41, 5.74) is 1.53. The molecule has 0 bridgehead atoms. The van der Waals surface area contributed by atoms with Gasteiger partial charge in [0.25, 0.3) is 5.91 Å². The molecule has 0 saturated heterocycles. The standard InChI is InChI=1S/C14H13FN2O2/c15-12-3-1-2-10(6-12)8-17-14(19)11-4-5-16-13(7-11)9-18/h1-7,18H,8-9H2,(H,17,19). The van der Waals surface area contributed by atoms with E-state index in [0.29, 0.717) is 16.8 Å². The second kappa shape index (κ2) is 6.06. The number of aliphatic hydroxyl groups is 1. The van der Waals surface area contributed by atoms with E-state index in [2.05, 4.69) is 10.3 Å². The van der Waals surface area contributed by atoms with Gasteiger partial charge in [0.2, 0.25) is 0 Å². The van der Waals surface area contributed by atoms with E-state index in [1.807, 2.05) is 0 Å². The van der Waals surface area contributed by atoms with E-state index in [4.69, 9.17) is 5.11 Å². The highest BCUT2D eigenvalue weighted by Crippen LogP contribution is 2.05. The summed E-state index contributed by atoms with van der Waals surface area (Å²) in [6, 6.07) is 9.11. The van der Waals surface area contributed by atoms with Gasteiger partial charge in [-0.15, -0.1) is 0 Å². The third-order valence-corrected chi connectivity index (χ3v) is 2.58. The molecule has 19 heavy (non-hydrogen) atoms. The summed E-state index contributed by atoms with van der Waals surface area (Å²) in [6.07, 6.45) is 1.46. The molecule has 2 aromatic rings. The van der Waals surface area contributed by atoms with E-state index in [1.165, 1.54) is 24.4 Å². The number of nitrogens with one attached hydrogen (secondary N) is 1. The van der Waals surface area contributed by atoms with Crippen molar-refractivity contribution in [1.29, 1.82) is 0 Å². The van der Waals surface area contributed by atoms with Crippen LogP contribution >= 0.6 is 0 Å². The van der Waals surface area contributed by atoms with Gasteiger partial charge in [0.1, 0.15) is 5.82 Å². The first-order chi connectivity index (χ1) is 9.19. The third-order valence-electron chi connectivity index (χ3n) is 2.58. The Balaban J connectivity index is 2.01. The quantitative estimate of drug-likeness (QED) is 0.878. The molecule has 2 rings (SSSR count). The van der Waals surface area contributed by atoms with Crippen LogP contribution in [-0.4, -0.2) is 16.0 Å². The van der Waals surface area contributed by atoms with Gasteiger partial charge in [0, 0.05) is 18.3 Å². The number of hydrogen-bond acceptors (Lipinski definition) is 3. The lowest BCUT2D eigenvalue weighted by molar-refractivity contribution is 0.0950. The van der Waals surface area contributed by atoms with E-state index < -0.39 is 0 Å². The van der Waals surface area contributed by atoms with Crippen molar-refractivity contribution >= 4 is 5.91 Å². The molecule has 1 aromatic heterocycles. The lowest BCUT2D eigenvalue weighted by Crippen LogP contribution is -2.23. The first-order valence-corrected chi connectivity index (χ1v) is 5.77. The summed E-state index contributed by atoms with van der Waals surface area (Å²) < 4.78 is 13.0. The Morgan fingerprint density at radius 3 is 2.89 bits per heavy atom. The maximum absolute atomic E-state index is 13.0. The molecule has 2 N–H and O–H groups in total. The van der Waals surface area contributed by atoms with Crippen LogP contribution < -0.4 is 5.32 Å². The molecule has 0 saturated carbocycles. The van der Waals surface area contributed by atoms with Crippen molar-refractivity contribution in [3.05, 3.63) is 65.2 Å². The highest BCUT2D eigenvalue weighted by molar-refractivity contribution is 5.94.